The molecular formula is C22H29N4O6+. The summed E-state index contributed by atoms with van der Waals surface area (Å²) in [6, 6.07) is 5.66. The maximum atomic E-state index is 13.2. The van der Waals surface area contributed by atoms with E-state index in [-0.39, 0.29) is 12.1 Å². The van der Waals surface area contributed by atoms with E-state index in [1.807, 2.05) is 12.2 Å². The summed E-state index contributed by atoms with van der Waals surface area (Å²) in [5, 5.41) is 13.8. The van der Waals surface area contributed by atoms with E-state index in [2.05, 4.69) is 16.4 Å². The van der Waals surface area contributed by atoms with Crippen molar-refractivity contribution in [3.8, 4) is 0 Å². The van der Waals surface area contributed by atoms with Crippen molar-refractivity contribution in [3.05, 3.63) is 48.0 Å². The zero-order valence-electron chi connectivity index (χ0n) is 17.9. The van der Waals surface area contributed by atoms with Crippen LogP contribution in [0.25, 0.3) is 0 Å². The lowest BCUT2D eigenvalue weighted by Crippen LogP contribution is -2.71. The number of amides is 3. The number of hydrogen-bond acceptors (Lipinski definition) is 5. The number of quaternary nitrogens is 1. The zero-order valence-corrected chi connectivity index (χ0v) is 17.9. The van der Waals surface area contributed by atoms with Crippen molar-refractivity contribution in [2.45, 2.75) is 50.4 Å². The number of hydrogen-bond donors (Lipinski definition) is 4. The summed E-state index contributed by atoms with van der Waals surface area (Å²) in [6.07, 6.45) is 4.87. The SMILES string of the molecule is CC(NC(=O)c1ccccc1)C(=O)N(CC(=O)NC(C=O)CC(=O)O)C1CCC=CC1[NH3+]. The lowest BCUT2D eigenvalue weighted by molar-refractivity contribution is -0.415. The molecular weight excluding hydrogens is 416 g/mol. The molecule has 0 spiro atoms. The summed E-state index contributed by atoms with van der Waals surface area (Å²) >= 11 is 0. The molecule has 172 valence electrons. The van der Waals surface area contributed by atoms with Gasteiger partial charge in [-0.25, -0.2) is 0 Å². The standard InChI is InChI=1S/C22H28N4O6/c1-14(24-21(31)15-7-3-2-4-8-15)22(32)26(18-10-6-5-9-17(18)23)12-19(28)25-16(13-27)11-20(29)30/h2-5,7-9,13-14,16-18H,6,10-12,23H2,1H3,(H,24,31)(H,25,28)(H,29,30)/p+1. The fraction of sp³-hybridized carbons (Fsp3) is 0.409. The highest BCUT2D eigenvalue weighted by atomic mass is 16.4. The van der Waals surface area contributed by atoms with Crippen LogP contribution >= 0.6 is 0 Å². The summed E-state index contributed by atoms with van der Waals surface area (Å²) in [4.78, 5) is 61.5. The number of nitrogens with zero attached hydrogens (tertiary/aromatic N) is 1. The maximum Gasteiger partial charge on any atom is 0.305 e. The van der Waals surface area contributed by atoms with Crippen molar-refractivity contribution in [2.24, 2.45) is 0 Å². The number of carboxylic acid groups (broad SMARTS) is 1. The zero-order chi connectivity index (χ0) is 23.7. The highest BCUT2D eigenvalue weighted by molar-refractivity contribution is 5.98. The summed E-state index contributed by atoms with van der Waals surface area (Å²) in [5.41, 5.74) is 4.44. The van der Waals surface area contributed by atoms with Crippen LogP contribution in [-0.2, 0) is 19.2 Å². The van der Waals surface area contributed by atoms with Gasteiger partial charge in [0.25, 0.3) is 5.91 Å². The molecule has 0 aromatic heterocycles. The van der Waals surface area contributed by atoms with Gasteiger partial charge in [0.15, 0.2) is 0 Å². The molecule has 10 heteroatoms. The quantitative estimate of drug-likeness (QED) is 0.270. The fourth-order valence-corrected chi connectivity index (χ4v) is 3.53. The van der Waals surface area contributed by atoms with Gasteiger partial charge in [-0.05, 0) is 38.0 Å². The van der Waals surface area contributed by atoms with Gasteiger partial charge < -0.3 is 31.2 Å². The molecule has 0 saturated carbocycles. The van der Waals surface area contributed by atoms with E-state index in [1.54, 1.807) is 30.3 Å². The number of allylic oxidation sites excluding steroid dienone is 1. The van der Waals surface area contributed by atoms with E-state index in [1.165, 1.54) is 11.8 Å². The molecule has 0 bridgehead atoms. The van der Waals surface area contributed by atoms with Gasteiger partial charge >= 0.3 is 5.97 Å². The van der Waals surface area contributed by atoms with Crippen LogP contribution < -0.4 is 16.4 Å². The average Bonchev–Trinajstić information content (AvgIpc) is 2.77. The molecule has 0 fully saturated rings. The van der Waals surface area contributed by atoms with Crippen LogP contribution in [0.5, 0.6) is 0 Å². The lowest BCUT2D eigenvalue weighted by atomic mass is 9.95. The van der Waals surface area contributed by atoms with Crippen LogP contribution in [0.1, 0.15) is 36.5 Å². The second-order valence-electron chi connectivity index (χ2n) is 7.67. The molecule has 0 saturated heterocycles. The summed E-state index contributed by atoms with van der Waals surface area (Å²) in [6.45, 7) is 1.14. The molecule has 3 amide bonds. The van der Waals surface area contributed by atoms with Crippen molar-refractivity contribution in [3.63, 3.8) is 0 Å². The predicted octanol–water partition coefficient (Wildman–Crippen LogP) is -0.879. The van der Waals surface area contributed by atoms with Crippen LogP contribution in [0.3, 0.4) is 0 Å². The lowest BCUT2D eigenvalue weighted by Gasteiger charge is -2.35. The first-order chi connectivity index (χ1) is 15.2. The summed E-state index contributed by atoms with van der Waals surface area (Å²) in [7, 11) is 0. The number of rotatable bonds is 10. The second kappa shape index (κ2) is 11.8. The second-order valence-corrected chi connectivity index (χ2v) is 7.67. The van der Waals surface area contributed by atoms with Gasteiger partial charge in [-0.1, -0.05) is 24.3 Å². The Morgan fingerprint density at radius 2 is 1.91 bits per heavy atom. The first kappa shape index (κ1) is 24.7. The molecule has 10 nitrogen and oxygen atoms in total. The summed E-state index contributed by atoms with van der Waals surface area (Å²) < 4.78 is 0. The molecule has 1 aromatic rings. The molecule has 0 radical (unpaired) electrons. The molecule has 1 aromatic carbocycles. The van der Waals surface area contributed by atoms with Gasteiger partial charge in [0.1, 0.15) is 24.9 Å². The monoisotopic (exact) mass is 445 g/mol. The van der Waals surface area contributed by atoms with E-state index >= 15 is 0 Å². The highest BCUT2D eigenvalue weighted by Gasteiger charge is 2.35. The van der Waals surface area contributed by atoms with E-state index in [9.17, 15) is 24.0 Å². The van der Waals surface area contributed by atoms with Gasteiger partial charge in [0.05, 0.1) is 18.5 Å². The number of nitrogens with one attached hydrogen (secondary N) is 2. The minimum atomic E-state index is -1.23. The molecule has 1 aliphatic carbocycles. The van der Waals surface area contributed by atoms with E-state index in [4.69, 9.17) is 5.11 Å². The molecule has 1 aliphatic rings. The van der Waals surface area contributed by atoms with Crippen LogP contribution in [0.2, 0.25) is 0 Å². The average molecular weight is 445 g/mol. The van der Waals surface area contributed by atoms with Gasteiger partial charge in [0.2, 0.25) is 11.8 Å². The van der Waals surface area contributed by atoms with Crippen LogP contribution in [-0.4, -0.2) is 70.7 Å². The number of aliphatic carboxylic acids is 1. The van der Waals surface area contributed by atoms with Crippen LogP contribution in [0.4, 0.5) is 0 Å². The summed E-state index contributed by atoms with van der Waals surface area (Å²) in [5.74, 6) is -2.80. The third-order valence-corrected chi connectivity index (χ3v) is 5.16. The van der Waals surface area contributed by atoms with E-state index < -0.39 is 48.7 Å². The Hall–Kier alpha value is -3.53. The highest BCUT2D eigenvalue weighted by Crippen LogP contribution is 2.17. The van der Waals surface area contributed by atoms with Gasteiger partial charge in [0, 0.05) is 5.56 Å². The Balaban J connectivity index is 2.14. The van der Waals surface area contributed by atoms with Gasteiger partial charge in [-0.2, -0.15) is 0 Å². The maximum absolute atomic E-state index is 13.2. The van der Waals surface area contributed by atoms with Crippen LogP contribution in [0.15, 0.2) is 42.5 Å². The number of carbonyl (C=O) groups is 5. The largest absolute Gasteiger partial charge is 0.481 e. The van der Waals surface area contributed by atoms with Crippen molar-refractivity contribution in [1.82, 2.24) is 15.5 Å². The first-order valence-electron chi connectivity index (χ1n) is 10.4. The minimum absolute atomic E-state index is 0.265. The smallest absolute Gasteiger partial charge is 0.305 e. The van der Waals surface area contributed by atoms with Gasteiger partial charge in [-0.3, -0.25) is 19.2 Å². The molecule has 4 unspecified atom stereocenters. The van der Waals surface area contributed by atoms with Crippen LogP contribution in [0, 0.1) is 0 Å². The molecule has 6 N–H and O–H groups in total. The Morgan fingerprint density at radius 1 is 1.22 bits per heavy atom. The molecule has 0 heterocycles. The molecule has 32 heavy (non-hydrogen) atoms. The van der Waals surface area contributed by atoms with E-state index in [0.717, 1.165) is 0 Å². The number of carboxylic acids is 1. The third-order valence-electron chi connectivity index (χ3n) is 5.16. The van der Waals surface area contributed by atoms with E-state index in [0.29, 0.717) is 24.7 Å². The van der Waals surface area contributed by atoms with Crippen molar-refractivity contribution in [2.75, 3.05) is 6.54 Å². The van der Waals surface area contributed by atoms with Crippen molar-refractivity contribution in [1.29, 1.82) is 0 Å². The fourth-order valence-electron chi connectivity index (χ4n) is 3.53. The Labute approximate surface area is 185 Å². The van der Waals surface area contributed by atoms with Crippen molar-refractivity contribution >= 4 is 30.0 Å². The molecule has 2 rings (SSSR count). The first-order valence-corrected chi connectivity index (χ1v) is 10.4. The Bertz CT molecular complexity index is 872. The Kier molecular flexibility index (Phi) is 9.08. The molecule has 4 atom stereocenters. The number of carbonyl (C=O) groups excluding carboxylic acids is 4. The Morgan fingerprint density at radius 3 is 2.50 bits per heavy atom. The normalized spacial score (nSPS) is 19.3. The van der Waals surface area contributed by atoms with Crippen molar-refractivity contribution < 1.29 is 34.8 Å². The topological polar surface area (TPSA) is 161 Å². The molecule has 0 aliphatic heterocycles. The number of aldehydes is 1. The minimum Gasteiger partial charge on any atom is -0.481 e. The van der Waals surface area contributed by atoms with Gasteiger partial charge in [-0.15, -0.1) is 0 Å². The predicted molar refractivity (Wildman–Crippen MR) is 114 cm³/mol. The third kappa shape index (κ3) is 7.02. The number of benzene rings is 1.